The SMILES string of the molecule is COC(=O)N1CCCC(c2ccc(N)cc2)C1. The van der Waals surface area contributed by atoms with Crippen LogP contribution in [-0.2, 0) is 4.74 Å². The zero-order valence-corrected chi connectivity index (χ0v) is 10.1. The molecular formula is C13H18N2O2. The fourth-order valence-electron chi connectivity index (χ4n) is 2.31. The Labute approximate surface area is 101 Å². The maximum absolute atomic E-state index is 11.5. The van der Waals surface area contributed by atoms with Gasteiger partial charge in [0.15, 0.2) is 0 Å². The number of rotatable bonds is 1. The van der Waals surface area contributed by atoms with E-state index in [9.17, 15) is 4.79 Å². The Bertz CT molecular complexity index is 389. The zero-order valence-electron chi connectivity index (χ0n) is 10.1. The summed E-state index contributed by atoms with van der Waals surface area (Å²) in [6.07, 6.45) is 1.90. The van der Waals surface area contributed by atoms with E-state index >= 15 is 0 Å². The minimum atomic E-state index is -0.231. The predicted octanol–water partition coefficient (Wildman–Crippen LogP) is 2.21. The molecule has 2 N–H and O–H groups in total. The number of anilines is 1. The Morgan fingerprint density at radius 2 is 2.12 bits per heavy atom. The zero-order chi connectivity index (χ0) is 12.3. The van der Waals surface area contributed by atoms with Gasteiger partial charge in [-0.15, -0.1) is 0 Å². The Hall–Kier alpha value is -1.71. The number of methoxy groups -OCH3 is 1. The molecule has 1 aliphatic rings. The first-order chi connectivity index (χ1) is 8.20. The molecule has 1 aliphatic heterocycles. The molecule has 1 aromatic rings. The van der Waals surface area contributed by atoms with E-state index in [2.05, 4.69) is 0 Å². The van der Waals surface area contributed by atoms with Gasteiger partial charge >= 0.3 is 6.09 Å². The van der Waals surface area contributed by atoms with Gasteiger partial charge in [-0.25, -0.2) is 4.79 Å². The molecule has 92 valence electrons. The van der Waals surface area contributed by atoms with Crippen molar-refractivity contribution < 1.29 is 9.53 Å². The van der Waals surface area contributed by atoms with Gasteiger partial charge in [-0.3, -0.25) is 0 Å². The lowest BCUT2D eigenvalue weighted by molar-refractivity contribution is 0.111. The third-order valence-corrected chi connectivity index (χ3v) is 3.26. The number of carbonyl (C=O) groups is 1. The average Bonchev–Trinajstić information content (AvgIpc) is 2.39. The summed E-state index contributed by atoms with van der Waals surface area (Å²) in [7, 11) is 1.43. The van der Waals surface area contributed by atoms with Gasteiger partial charge in [-0.2, -0.15) is 0 Å². The minimum absolute atomic E-state index is 0.231. The van der Waals surface area contributed by atoms with Crippen LogP contribution in [0.5, 0.6) is 0 Å². The van der Waals surface area contributed by atoms with Crippen LogP contribution < -0.4 is 5.73 Å². The maximum atomic E-state index is 11.5. The van der Waals surface area contributed by atoms with E-state index in [4.69, 9.17) is 10.5 Å². The van der Waals surface area contributed by atoms with Crippen LogP contribution in [0, 0.1) is 0 Å². The summed E-state index contributed by atoms with van der Waals surface area (Å²) in [6, 6.07) is 7.90. The Kier molecular flexibility index (Phi) is 3.52. The molecule has 1 aromatic carbocycles. The summed E-state index contributed by atoms with van der Waals surface area (Å²) in [4.78, 5) is 13.2. The quantitative estimate of drug-likeness (QED) is 0.758. The Balaban J connectivity index is 2.06. The highest BCUT2D eigenvalue weighted by Crippen LogP contribution is 2.27. The Morgan fingerprint density at radius 3 is 2.76 bits per heavy atom. The van der Waals surface area contributed by atoms with Crippen LogP contribution in [0.4, 0.5) is 10.5 Å². The van der Waals surface area contributed by atoms with Gasteiger partial charge in [0.1, 0.15) is 0 Å². The van der Waals surface area contributed by atoms with Crippen LogP contribution in [0.1, 0.15) is 24.3 Å². The third-order valence-electron chi connectivity index (χ3n) is 3.26. The van der Waals surface area contributed by atoms with Crippen molar-refractivity contribution in [1.29, 1.82) is 0 Å². The molecule has 0 aliphatic carbocycles. The van der Waals surface area contributed by atoms with E-state index in [1.54, 1.807) is 4.90 Å². The van der Waals surface area contributed by atoms with Gasteiger partial charge in [0.05, 0.1) is 7.11 Å². The van der Waals surface area contributed by atoms with Crippen LogP contribution in [0.25, 0.3) is 0 Å². The number of ether oxygens (including phenoxy) is 1. The number of nitrogen functional groups attached to an aromatic ring is 1. The number of benzene rings is 1. The van der Waals surface area contributed by atoms with Crippen LogP contribution in [0.3, 0.4) is 0 Å². The van der Waals surface area contributed by atoms with Crippen molar-refractivity contribution >= 4 is 11.8 Å². The lowest BCUT2D eigenvalue weighted by atomic mass is 9.91. The van der Waals surface area contributed by atoms with Gasteiger partial charge in [0.25, 0.3) is 0 Å². The highest BCUT2D eigenvalue weighted by Gasteiger charge is 2.24. The maximum Gasteiger partial charge on any atom is 0.409 e. The van der Waals surface area contributed by atoms with Gasteiger partial charge < -0.3 is 15.4 Å². The molecule has 1 saturated heterocycles. The van der Waals surface area contributed by atoms with E-state index in [-0.39, 0.29) is 6.09 Å². The number of piperidine rings is 1. The van der Waals surface area contributed by atoms with Crippen LogP contribution in [-0.4, -0.2) is 31.2 Å². The largest absolute Gasteiger partial charge is 0.453 e. The molecule has 0 radical (unpaired) electrons. The first-order valence-corrected chi connectivity index (χ1v) is 5.89. The average molecular weight is 234 g/mol. The molecule has 17 heavy (non-hydrogen) atoms. The van der Waals surface area contributed by atoms with Crippen molar-refractivity contribution in [3.05, 3.63) is 29.8 Å². The van der Waals surface area contributed by atoms with Gasteiger partial charge in [-0.05, 0) is 30.5 Å². The van der Waals surface area contributed by atoms with Crippen molar-refractivity contribution in [2.45, 2.75) is 18.8 Å². The van der Waals surface area contributed by atoms with E-state index in [0.29, 0.717) is 5.92 Å². The fraction of sp³-hybridized carbons (Fsp3) is 0.462. The highest BCUT2D eigenvalue weighted by atomic mass is 16.5. The van der Waals surface area contributed by atoms with E-state index < -0.39 is 0 Å². The number of hydrogen-bond donors (Lipinski definition) is 1. The molecule has 0 saturated carbocycles. The second kappa shape index (κ2) is 5.08. The molecule has 4 nitrogen and oxygen atoms in total. The lowest BCUT2D eigenvalue weighted by Crippen LogP contribution is -2.38. The number of likely N-dealkylation sites (tertiary alicyclic amines) is 1. The van der Waals surface area contributed by atoms with E-state index in [1.807, 2.05) is 24.3 Å². The smallest absolute Gasteiger partial charge is 0.409 e. The summed E-state index contributed by atoms with van der Waals surface area (Å²) in [5.74, 6) is 0.392. The van der Waals surface area contributed by atoms with Crippen LogP contribution in [0.2, 0.25) is 0 Å². The summed E-state index contributed by atoms with van der Waals surface area (Å²) in [5.41, 5.74) is 7.68. The predicted molar refractivity (Wildman–Crippen MR) is 66.8 cm³/mol. The molecule has 0 aromatic heterocycles. The second-order valence-electron chi connectivity index (χ2n) is 4.42. The molecule has 2 rings (SSSR count). The molecule has 1 fully saturated rings. The molecule has 1 amide bonds. The standard InChI is InChI=1S/C13H18N2O2/c1-17-13(16)15-8-2-3-11(9-15)10-4-6-12(14)7-5-10/h4-7,11H,2-3,8-9,14H2,1H3. The van der Waals surface area contributed by atoms with Gasteiger partial charge in [0, 0.05) is 24.7 Å². The van der Waals surface area contributed by atoms with E-state index in [0.717, 1.165) is 31.6 Å². The van der Waals surface area contributed by atoms with Crippen molar-refractivity contribution in [3.8, 4) is 0 Å². The van der Waals surface area contributed by atoms with Crippen molar-refractivity contribution in [3.63, 3.8) is 0 Å². The number of amides is 1. The van der Waals surface area contributed by atoms with E-state index in [1.165, 1.54) is 12.7 Å². The summed E-state index contributed by atoms with van der Waals surface area (Å²) >= 11 is 0. The summed E-state index contributed by atoms with van der Waals surface area (Å²) in [5, 5.41) is 0. The fourth-order valence-corrected chi connectivity index (χ4v) is 2.31. The topological polar surface area (TPSA) is 55.6 Å². The van der Waals surface area contributed by atoms with Crippen LogP contribution >= 0.6 is 0 Å². The normalized spacial score (nSPS) is 20.1. The molecule has 0 bridgehead atoms. The summed E-state index contributed by atoms with van der Waals surface area (Å²) < 4.78 is 4.76. The second-order valence-corrected chi connectivity index (χ2v) is 4.42. The van der Waals surface area contributed by atoms with Crippen LogP contribution in [0.15, 0.2) is 24.3 Å². The monoisotopic (exact) mass is 234 g/mol. The van der Waals surface area contributed by atoms with Gasteiger partial charge in [-0.1, -0.05) is 12.1 Å². The summed E-state index contributed by atoms with van der Waals surface area (Å²) in [6.45, 7) is 1.52. The molecule has 0 spiro atoms. The number of hydrogen-bond acceptors (Lipinski definition) is 3. The Morgan fingerprint density at radius 1 is 1.41 bits per heavy atom. The lowest BCUT2D eigenvalue weighted by Gasteiger charge is -2.31. The highest BCUT2D eigenvalue weighted by molar-refractivity contribution is 5.67. The van der Waals surface area contributed by atoms with Crippen molar-refractivity contribution in [2.24, 2.45) is 0 Å². The van der Waals surface area contributed by atoms with Gasteiger partial charge in [0.2, 0.25) is 0 Å². The number of carbonyl (C=O) groups excluding carboxylic acids is 1. The van der Waals surface area contributed by atoms with Crippen molar-refractivity contribution in [2.75, 3.05) is 25.9 Å². The van der Waals surface area contributed by atoms with Crippen molar-refractivity contribution in [1.82, 2.24) is 4.90 Å². The molecular weight excluding hydrogens is 216 g/mol. The first-order valence-electron chi connectivity index (χ1n) is 5.89. The third kappa shape index (κ3) is 2.70. The molecule has 1 unspecified atom stereocenters. The minimum Gasteiger partial charge on any atom is -0.453 e. The number of nitrogens with zero attached hydrogens (tertiary/aromatic N) is 1. The first kappa shape index (κ1) is 11.8. The number of nitrogens with two attached hydrogens (primary N) is 1. The molecule has 1 heterocycles. The molecule has 1 atom stereocenters. The molecule has 4 heteroatoms.